The Morgan fingerprint density at radius 2 is 1.94 bits per heavy atom. The fraction of sp³-hybridized carbons (Fsp3) is 0.462. The molecule has 17 heavy (non-hydrogen) atoms. The Morgan fingerprint density at radius 3 is 2.53 bits per heavy atom. The summed E-state index contributed by atoms with van der Waals surface area (Å²) >= 11 is 5.99. The van der Waals surface area contributed by atoms with Crippen molar-refractivity contribution in [1.82, 2.24) is 10.6 Å². The summed E-state index contributed by atoms with van der Waals surface area (Å²) in [5, 5.41) is 6.34. The SMILES string of the molecule is CC(C)C(C)NC(=O)NCc1ccccc1Cl. The lowest BCUT2D eigenvalue weighted by Crippen LogP contribution is -2.42. The van der Waals surface area contributed by atoms with Gasteiger partial charge < -0.3 is 10.6 Å². The molecular weight excluding hydrogens is 236 g/mol. The average molecular weight is 255 g/mol. The van der Waals surface area contributed by atoms with Crippen LogP contribution in [0.3, 0.4) is 0 Å². The smallest absolute Gasteiger partial charge is 0.315 e. The number of hydrogen-bond donors (Lipinski definition) is 2. The molecule has 0 heterocycles. The van der Waals surface area contributed by atoms with Crippen molar-refractivity contribution >= 4 is 17.6 Å². The molecule has 0 radical (unpaired) electrons. The molecule has 1 atom stereocenters. The van der Waals surface area contributed by atoms with Crippen molar-refractivity contribution in [3.05, 3.63) is 34.9 Å². The first-order chi connectivity index (χ1) is 8.00. The number of hydrogen-bond acceptors (Lipinski definition) is 1. The molecule has 94 valence electrons. The van der Waals surface area contributed by atoms with E-state index in [1.165, 1.54) is 0 Å². The minimum atomic E-state index is -0.161. The lowest BCUT2D eigenvalue weighted by molar-refractivity contribution is 0.234. The first-order valence-corrected chi connectivity index (χ1v) is 6.16. The van der Waals surface area contributed by atoms with Gasteiger partial charge >= 0.3 is 6.03 Å². The van der Waals surface area contributed by atoms with E-state index in [1.807, 2.05) is 31.2 Å². The van der Waals surface area contributed by atoms with Crippen LogP contribution in [0.25, 0.3) is 0 Å². The van der Waals surface area contributed by atoms with Gasteiger partial charge in [0.15, 0.2) is 0 Å². The molecule has 0 saturated carbocycles. The highest BCUT2D eigenvalue weighted by Crippen LogP contribution is 2.14. The molecule has 0 aliphatic rings. The van der Waals surface area contributed by atoms with Crippen molar-refractivity contribution in [2.24, 2.45) is 5.92 Å². The normalized spacial score (nSPS) is 12.3. The number of halogens is 1. The fourth-order valence-corrected chi connectivity index (χ4v) is 1.44. The molecule has 0 spiro atoms. The first kappa shape index (κ1) is 13.8. The monoisotopic (exact) mass is 254 g/mol. The van der Waals surface area contributed by atoms with Crippen LogP contribution in [0.5, 0.6) is 0 Å². The van der Waals surface area contributed by atoms with Gasteiger partial charge in [-0.2, -0.15) is 0 Å². The largest absolute Gasteiger partial charge is 0.335 e. The van der Waals surface area contributed by atoms with Gasteiger partial charge in [0.05, 0.1) is 0 Å². The molecule has 0 bridgehead atoms. The Balaban J connectivity index is 2.41. The number of benzene rings is 1. The Labute approximate surface area is 108 Å². The highest BCUT2D eigenvalue weighted by atomic mass is 35.5. The minimum absolute atomic E-state index is 0.154. The molecule has 1 rings (SSSR count). The van der Waals surface area contributed by atoms with E-state index in [0.717, 1.165) is 5.56 Å². The van der Waals surface area contributed by atoms with Crippen LogP contribution >= 0.6 is 11.6 Å². The van der Waals surface area contributed by atoms with Crippen LogP contribution in [-0.4, -0.2) is 12.1 Å². The lowest BCUT2D eigenvalue weighted by Gasteiger charge is -2.18. The molecule has 2 N–H and O–H groups in total. The van der Waals surface area contributed by atoms with Gasteiger partial charge in [0.25, 0.3) is 0 Å². The van der Waals surface area contributed by atoms with Crippen LogP contribution in [0.4, 0.5) is 4.79 Å². The van der Waals surface area contributed by atoms with Crippen molar-refractivity contribution in [2.75, 3.05) is 0 Å². The zero-order valence-corrected chi connectivity index (χ0v) is 11.2. The van der Waals surface area contributed by atoms with Gasteiger partial charge in [0, 0.05) is 17.6 Å². The second-order valence-corrected chi connectivity index (χ2v) is 4.86. The summed E-state index contributed by atoms with van der Waals surface area (Å²) in [5.74, 6) is 0.418. The topological polar surface area (TPSA) is 41.1 Å². The van der Waals surface area contributed by atoms with E-state index >= 15 is 0 Å². The van der Waals surface area contributed by atoms with Gasteiger partial charge in [0.2, 0.25) is 0 Å². The van der Waals surface area contributed by atoms with E-state index in [1.54, 1.807) is 0 Å². The number of carbonyl (C=O) groups excluding carboxylic acids is 1. The Morgan fingerprint density at radius 1 is 1.29 bits per heavy atom. The van der Waals surface area contributed by atoms with Crippen LogP contribution in [0.2, 0.25) is 5.02 Å². The number of amides is 2. The standard InChI is InChI=1S/C13H19ClN2O/c1-9(2)10(3)16-13(17)15-8-11-6-4-5-7-12(11)14/h4-7,9-10H,8H2,1-3H3,(H2,15,16,17). The molecule has 0 aromatic heterocycles. The summed E-state index contributed by atoms with van der Waals surface area (Å²) < 4.78 is 0. The third kappa shape index (κ3) is 4.65. The number of rotatable bonds is 4. The Bertz CT molecular complexity index is 379. The van der Waals surface area contributed by atoms with Gasteiger partial charge in [-0.3, -0.25) is 0 Å². The van der Waals surface area contributed by atoms with Gasteiger partial charge in [-0.05, 0) is 24.5 Å². The maximum Gasteiger partial charge on any atom is 0.315 e. The van der Waals surface area contributed by atoms with E-state index in [2.05, 4.69) is 24.5 Å². The van der Waals surface area contributed by atoms with Crippen molar-refractivity contribution in [3.8, 4) is 0 Å². The molecule has 3 nitrogen and oxygen atoms in total. The summed E-state index contributed by atoms with van der Waals surface area (Å²) in [6, 6.07) is 7.47. The number of carbonyl (C=O) groups is 1. The molecule has 1 aromatic rings. The van der Waals surface area contributed by atoms with Crippen LogP contribution in [0, 0.1) is 5.92 Å². The van der Waals surface area contributed by atoms with E-state index in [4.69, 9.17) is 11.6 Å². The van der Waals surface area contributed by atoms with Crippen LogP contribution in [0.15, 0.2) is 24.3 Å². The fourth-order valence-electron chi connectivity index (χ4n) is 1.24. The van der Waals surface area contributed by atoms with E-state index in [-0.39, 0.29) is 12.1 Å². The molecule has 1 aromatic carbocycles. The van der Waals surface area contributed by atoms with Crippen molar-refractivity contribution in [3.63, 3.8) is 0 Å². The third-order valence-corrected chi connectivity index (χ3v) is 3.12. The molecule has 0 fully saturated rings. The van der Waals surface area contributed by atoms with Gasteiger partial charge in [0.1, 0.15) is 0 Å². The predicted molar refractivity (Wildman–Crippen MR) is 71.1 cm³/mol. The van der Waals surface area contributed by atoms with Crippen molar-refractivity contribution in [2.45, 2.75) is 33.4 Å². The first-order valence-electron chi connectivity index (χ1n) is 5.78. The van der Waals surface area contributed by atoms with Crippen molar-refractivity contribution in [1.29, 1.82) is 0 Å². The van der Waals surface area contributed by atoms with E-state index in [9.17, 15) is 4.79 Å². The molecular formula is C13H19ClN2O. The lowest BCUT2D eigenvalue weighted by atomic mass is 10.1. The summed E-state index contributed by atoms with van der Waals surface area (Å²) in [5.41, 5.74) is 0.918. The van der Waals surface area contributed by atoms with Crippen LogP contribution < -0.4 is 10.6 Å². The molecule has 0 aliphatic heterocycles. The number of nitrogens with one attached hydrogen (secondary N) is 2. The van der Waals surface area contributed by atoms with Gasteiger partial charge in [-0.1, -0.05) is 43.6 Å². The highest BCUT2D eigenvalue weighted by Gasteiger charge is 2.10. The summed E-state index contributed by atoms with van der Waals surface area (Å²) in [6.07, 6.45) is 0. The summed E-state index contributed by atoms with van der Waals surface area (Å²) in [4.78, 5) is 11.6. The average Bonchev–Trinajstić information content (AvgIpc) is 2.27. The molecule has 0 aliphatic carbocycles. The summed E-state index contributed by atoms with van der Waals surface area (Å²) in [7, 11) is 0. The predicted octanol–water partition coefficient (Wildman–Crippen LogP) is 3.18. The second-order valence-electron chi connectivity index (χ2n) is 4.45. The van der Waals surface area contributed by atoms with Gasteiger partial charge in [-0.15, -0.1) is 0 Å². The second kappa shape index (κ2) is 6.50. The summed E-state index contributed by atoms with van der Waals surface area (Å²) in [6.45, 7) is 6.56. The van der Waals surface area contributed by atoms with Crippen molar-refractivity contribution < 1.29 is 4.79 Å². The zero-order chi connectivity index (χ0) is 12.8. The Hall–Kier alpha value is -1.22. The highest BCUT2D eigenvalue weighted by molar-refractivity contribution is 6.31. The van der Waals surface area contributed by atoms with Crippen LogP contribution in [0.1, 0.15) is 26.3 Å². The molecule has 0 saturated heterocycles. The Kier molecular flexibility index (Phi) is 5.29. The number of urea groups is 1. The molecule has 2 amide bonds. The maximum absolute atomic E-state index is 11.6. The zero-order valence-electron chi connectivity index (χ0n) is 10.5. The van der Waals surface area contributed by atoms with E-state index in [0.29, 0.717) is 17.5 Å². The van der Waals surface area contributed by atoms with Crippen LogP contribution in [-0.2, 0) is 6.54 Å². The molecule has 4 heteroatoms. The van der Waals surface area contributed by atoms with E-state index < -0.39 is 0 Å². The maximum atomic E-state index is 11.6. The molecule has 1 unspecified atom stereocenters. The minimum Gasteiger partial charge on any atom is -0.335 e. The quantitative estimate of drug-likeness (QED) is 0.851. The third-order valence-electron chi connectivity index (χ3n) is 2.76. The van der Waals surface area contributed by atoms with Gasteiger partial charge in [-0.25, -0.2) is 4.79 Å².